The summed E-state index contributed by atoms with van der Waals surface area (Å²) in [6.07, 6.45) is 0.888. The predicted octanol–water partition coefficient (Wildman–Crippen LogP) is 2.18. The van der Waals surface area contributed by atoms with E-state index in [0.29, 0.717) is 0 Å². The van der Waals surface area contributed by atoms with E-state index in [1.807, 2.05) is 40.1 Å². The van der Waals surface area contributed by atoms with Gasteiger partial charge >= 0.3 is 0 Å². The second-order valence-electron chi connectivity index (χ2n) is 3.52. The molecule has 2 heteroatoms. The van der Waals surface area contributed by atoms with Gasteiger partial charge in [0.15, 0.2) is 0 Å². The van der Waals surface area contributed by atoms with Crippen LogP contribution in [0.5, 0.6) is 0 Å². The molecule has 0 spiro atoms. The summed E-state index contributed by atoms with van der Waals surface area (Å²) >= 11 is 0. The van der Waals surface area contributed by atoms with E-state index in [9.17, 15) is 4.79 Å². The van der Waals surface area contributed by atoms with Gasteiger partial charge in [0.1, 0.15) is 6.29 Å². The van der Waals surface area contributed by atoms with E-state index in [0.717, 1.165) is 23.0 Å². The van der Waals surface area contributed by atoms with Crippen LogP contribution in [0.4, 0.5) is 5.69 Å². The number of carbonyl (C=O) groups is 1. The van der Waals surface area contributed by atoms with Crippen LogP contribution in [0.25, 0.3) is 0 Å². The van der Waals surface area contributed by atoms with Crippen molar-refractivity contribution in [3.05, 3.63) is 28.8 Å². The van der Waals surface area contributed by atoms with E-state index < -0.39 is 0 Å². The summed E-state index contributed by atoms with van der Waals surface area (Å²) < 4.78 is 0. The van der Waals surface area contributed by atoms with E-state index in [-0.39, 0.29) is 0 Å². The number of nitrogens with zero attached hydrogens (tertiary/aromatic N) is 1. The largest absolute Gasteiger partial charge is 0.377 e. The average molecular weight is 177 g/mol. The van der Waals surface area contributed by atoms with Gasteiger partial charge in [-0.15, -0.1) is 0 Å². The van der Waals surface area contributed by atoms with E-state index >= 15 is 0 Å². The number of aldehydes is 1. The van der Waals surface area contributed by atoms with Crippen LogP contribution in [0.15, 0.2) is 12.1 Å². The Morgan fingerprint density at radius 1 is 1.15 bits per heavy atom. The van der Waals surface area contributed by atoms with Gasteiger partial charge in [-0.3, -0.25) is 4.79 Å². The van der Waals surface area contributed by atoms with Crippen molar-refractivity contribution in [2.45, 2.75) is 13.8 Å². The summed E-state index contributed by atoms with van der Waals surface area (Å²) in [5.74, 6) is 0. The van der Waals surface area contributed by atoms with Crippen molar-refractivity contribution in [1.29, 1.82) is 0 Å². The Morgan fingerprint density at radius 3 is 1.92 bits per heavy atom. The third kappa shape index (κ3) is 1.89. The van der Waals surface area contributed by atoms with Gasteiger partial charge < -0.3 is 4.90 Å². The highest BCUT2D eigenvalue weighted by molar-refractivity contribution is 5.78. The third-order valence-electron chi connectivity index (χ3n) is 2.10. The van der Waals surface area contributed by atoms with E-state index in [4.69, 9.17) is 0 Å². The molecular formula is C11H15NO. The Kier molecular flexibility index (Phi) is 2.71. The van der Waals surface area contributed by atoms with Crippen LogP contribution in [-0.2, 0) is 0 Å². The second-order valence-corrected chi connectivity index (χ2v) is 3.52. The van der Waals surface area contributed by atoms with Crippen molar-refractivity contribution in [1.82, 2.24) is 0 Å². The Morgan fingerprint density at radius 2 is 1.62 bits per heavy atom. The van der Waals surface area contributed by atoms with Crippen molar-refractivity contribution in [3.63, 3.8) is 0 Å². The lowest BCUT2D eigenvalue weighted by molar-refractivity contribution is 0.112. The molecule has 0 atom stereocenters. The fourth-order valence-corrected chi connectivity index (χ4v) is 1.76. The first-order valence-electron chi connectivity index (χ1n) is 4.30. The average Bonchev–Trinajstić information content (AvgIpc) is 2.02. The van der Waals surface area contributed by atoms with E-state index in [1.165, 1.54) is 5.69 Å². The molecule has 0 saturated carbocycles. The van der Waals surface area contributed by atoms with Crippen LogP contribution in [0, 0.1) is 13.8 Å². The van der Waals surface area contributed by atoms with Gasteiger partial charge in [0.2, 0.25) is 0 Å². The smallest absolute Gasteiger partial charge is 0.150 e. The zero-order valence-corrected chi connectivity index (χ0v) is 8.59. The van der Waals surface area contributed by atoms with Gasteiger partial charge in [-0.25, -0.2) is 0 Å². The number of rotatable bonds is 2. The molecule has 0 fully saturated rings. The summed E-state index contributed by atoms with van der Waals surface area (Å²) in [5.41, 5.74) is 4.24. The molecule has 0 radical (unpaired) electrons. The van der Waals surface area contributed by atoms with Crippen LogP contribution >= 0.6 is 0 Å². The number of benzene rings is 1. The molecule has 13 heavy (non-hydrogen) atoms. The molecule has 2 nitrogen and oxygen atoms in total. The van der Waals surface area contributed by atoms with Crippen LogP contribution in [0.1, 0.15) is 21.5 Å². The fraction of sp³-hybridized carbons (Fsp3) is 0.364. The molecule has 1 aromatic rings. The minimum Gasteiger partial charge on any atom is -0.377 e. The van der Waals surface area contributed by atoms with Crippen LogP contribution in [-0.4, -0.2) is 20.4 Å². The SMILES string of the molecule is Cc1cc(C=O)cc(C)c1N(C)C. The highest BCUT2D eigenvalue weighted by atomic mass is 16.1. The van der Waals surface area contributed by atoms with Gasteiger partial charge in [0, 0.05) is 25.3 Å². The highest BCUT2D eigenvalue weighted by Crippen LogP contribution is 2.23. The number of anilines is 1. The summed E-state index contributed by atoms with van der Waals surface area (Å²) in [4.78, 5) is 12.6. The van der Waals surface area contributed by atoms with Crippen molar-refractivity contribution in [2.24, 2.45) is 0 Å². The van der Waals surface area contributed by atoms with Gasteiger partial charge in [-0.1, -0.05) is 0 Å². The van der Waals surface area contributed by atoms with Crippen LogP contribution in [0.3, 0.4) is 0 Å². The van der Waals surface area contributed by atoms with Crippen LogP contribution < -0.4 is 4.90 Å². The quantitative estimate of drug-likeness (QED) is 0.645. The molecule has 0 aromatic heterocycles. The Hall–Kier alpha value is -1.31. The number of carbonyl (C=O) groups excluding carboxylic acids is 1. The highest BCUT2D eigenvalue weighted by Gasteiger charge is 2.05. The van der Waals surface area contributed by atoms with Gasteiger partial charge in [0.05, 0.1) is 0 Å². The third-order valence-corrected chi connectivity index (χ3v) is 2.10. The normalized spacial score (nSPS) is 9.85. The first-order chi connectivity index (χ1) is 6.06. The topological polar surface area (TPSA) is 20.3 Å². The summed E-state index contributed by atoms with van der Waals surface area (Å²) in [5, 5.41) is 0. The molecular weight excluding hydrogens is 162 g/mol. The predicted molar refractivity (Wildman–Crippen MR) is 55.6 cm³/mol. The molecule has 0 saturated heterocycles. The fourth-order valence-electron chi connectivity index (χ4n) is 1.76. The Balaban J connectivity index is 3.31. The minimum atomic E-state index is 0.751. The lowest BCUT2D eigenvalue weighted by Crippen LogP contribution is -2.12. The first-order valence-corrected chi connectivity index (χ1v) is 4.30. The van der Waals surface area contributed by atoms with Crippen molar-refractivity contribution in [2.75, 3.05) is 19.0 Å². The maximum Gasteiger partial charge on any atom is 0.150 e. The molecule has 0 heterocycles. The minimum absolute atomic E-state index is 0.751. The molecule has 0 N–H and O–H groups in total. The lowest BCUT2D eigenvalue weighted by Gasteiger charge is -2.18. The van der Waals surface area contributed by atoms with Gasteiger partial charge in [0.25, 0.3) is 0 Å². The summed E-state index contributed by atoms with van der Waals surface area (Å²) in [6, 6.07) is 3.82. The number of hydrogen-bond donors (Lipinski definition) is 0. The zero-order valence-electron chi connectivity index (χ0n) is 8.59. The number of aryl methyl sites for hydroxylation is 2. The van der Waals surface area contributed by atoms with Crippen molar-refractivity contribution in [3.8, 4) is 0 Å². The molecule has 0 unspecified atom stereocenters. The van der Waals surface area contributed by atoms with E-state index in [2.05, 4.69) is 4.90 Å². The van der Waals surface area contributed by atoms with Gasteiger partial charge in [-0.2, -0.15) is 0 Å². The maximum atomic E-state index is 10.6. The molecule has 0 aliphatic rings. The zero-order chi connectivity index (χ0) is 10.0. The van der Waals surface area contributed by atoms with Crippen LogP contribution in [0.2, 0.25) is 0 Å². The van der Waals surface area contributed by atoms with Gasteiger partial charge in [-0.05, 0) is 37.1 Å². The first kappa shape index (κ1) is 9.78. The molecule has 1 aromatic carbocycles. The Labute approximate surface area is 79.2 Å². The molecule has 70 valence electrons. The molecule has 0 aliphatic heterocycles. The Bertz CT molecular complexity index is 306. The molecule has 0 bridgehead atoms. The standard InChI is InChI=1S/C11H15NO/c1-8-5-10(7-13)6-9(2)11(8)12(3)4/h5-7H,1-4H3. The monoisotopic (exact) mass is 177 g/mol. The second kappa shape index (κ2) is 3.60. The van der Waals surface area contributed by atoms with E-state index in [1.54, 1.807) is 0 Å². The number of hydrogen-bond acceptors (Lipinski definition) is 2. The maximum absolute atomic E-state index is 10.6. The lowest BCUT2D eigenvalue weighted by atomic mass is 10.0. The summed E-state index contributed by atoms with van der Waals surface area (Å²) in [6.45, 7) is 4.05. The van der Waals surface area contributed by atoms with Crippen molar-refractivity contribution >= 4 is 12.0 Å². The molecule has 0 aliphatic carbocycles. The molecule has 0 amide bonds. The summed E-state index contributed by atoms with van der Waals surface area (Å²) in [7, 11) is 4.02. The molecule has 1 rings (SSSR count). The van der Waals surface area contributed by atoms with Crippen molar-refractivity contribution < 1.29 is 4.79 Å².